The van der Waals surface area contributed by atoms with Crippen LogP contribution < -0.4 is 5.32 Å². The van der Waals surface area contributed by atoms with Crippen LogP contribution in [-0.2, 0) is 6.54 Å². The first-order chi connectivity index (χ1) is 9.25. The molecular formula is C15H22N2O2. The minimum absolute atomic E-state index is 0.241. The number of aromatic carboxylic acids is 1. The van der Waals surface area contributed by atoms with Crippen molar-refractivity contribution < 1.29 is 9.90 Å². The normalized spacial score (nSPS) is 15.8. The van der Waals surface area contributed by atoms with Gasteiger partial charge in [-0.2, -0.15) is 0 Å². The van der Waals surface area contributed by atoms with Gasteiger partial charge in [0.05, 0.1) is 11.3 Å². The van der Waals surface area contributed by atoms with E-state index in [0.29, 0.717) is 6.54 Å². The fourth-order valence-corrected chi connectivity index (χ4v) is 2.69. The molecule has 0 aromatic carbocycles. The van der Waals surface area contributed by atoms with Gasteiger partial charge in [0.1, 0.15) is 0 Å². The number of hydrogen-bond donors (Lipinski definition) is 2. The SMILES string of the molecule is O=C(O)c1ccc(CNCCCC2CCCC2)nc1. The van der Waals surface area contributed by atoms with Crippen LogP contribution >= 0.6 is 0 Å². The average Bonchev–Trinajstić information content (AvgIpc) is 2.92. The molecule has 1 saturated carbocycles. The van der Waals surface area contributed by atoms with Crippen molar-refractivity contribution in [3.8, 4) is 0 Å². The largest absolute Gasteiger partial charge is 0.478 e. The number of rotatable bonds is 7. The summed E-state index contributed by atoms with van der Waals surface area (Å²) < 4.78 is 0. The number of carbonyl (C=O) groups is 1. The Balaban J connectivity index is 1.61. The monoisotopic (exact) mass is 262 g/mol. The van der Waals surface area contributed by atoms with Gasteiger partial charge in [0, 0.05) is 12.7 Å². The van der Waals surface area contributed by atoms with Crippen molar-refractivity contribution >= 4 is 5.97 Å². The molecule has 1 aromatic rings. The van der Waals surface area contributed by atoms with E-state index < -0.39 is 5.97 Å². The van der Waals surface area contributed by atoms with Gasteiger partial charge in [0.25, 0.3) is 0 Å². The van der Waals surface area contributed by atoms with E-state index in [9.17, 15) is 4.79 Å². The molecule has 0 atom stereocenters. The van der Waals surface area contributed by atoms with E-state index in [4.69, 9.17) is 5.11 Å². The van der Waals surface area contributed by atoms with Crippen LogP contribution in [0.4, 0.5) is 0 Å². The van der Waals surface area contributed by atoms with Crippen molar-refractivity contribution in [3.63, 3.8) is 0 Å². The van der Waals surface area contributed by atoms with E-state index in [1.165, 1.54) is 44.7 Å². The topological polar surface area (TPSA) is 62.2 Å². The second-order valence-electron chi connectivity index (χ2n) is 5.31. The molecule has 1 aromatic heterocycles. The molecule has 4 nitrogen and oxygen atoms in total. The van der Waals surface area contributed by atoms with Crippen LogP contribution in [0.5, 0.6) is 0 Å². The van der Waals surface area contributed by atoms with Crippen LogP contribution in [0.2, 0.25) is 0 Å². The van der Waals surface area contributed by atoms with Crippen molar-refractivity contribution in [2.45, 2.75) is 45.1 Å². The summed E-state index contributed by atoms with van der Waals surface area (Å²) in [6, 6.07) is 3.37. The predicted octanol–water partition coefficient (Wildman–Crippen LogP) is 2.84. The third-order valence-corrected chi connectivity index (χ3v) is 3.82. The fourth-order valence-electron chi connectivity index (χ4n) is 2.69. The highest BCUT2D eigenvalue weighted by Crippen LogP contribution is 2.28. The quantitative estimate of drug-likeness (QED) is 0.742. The zero-order chi connectivity index (χ0) is 13.5. The van der Waals surface area contributed by atoms with Gasteiger partial charge >= 0.3 is 5.97 Å². The summed E-state index contributed by atoms with van der Waals surface area (Å²) in [5.41, 5.74) is 1.14. The Morgan fingerprint density at radius 1 is 1.37 bits per heavy atom. The second kappa shape index (κ2) is 7.24. The van der Waals surface area contributed by atoms with Crippen LogP contribution in [-0.4, -0.2) is 22.6 Å². The van der Waals surface area contributed by atoms with Crippen molar-refractivity contribution in [2.24, 2.45) is 5.92 Å². The lowest BCUT2D eigenvalue weighted by atomic mass is 10.0. The summed E-state index contributed by atoms with van der Waals surface area (Å²) in [5.74, 6) is 0.0262. The molecule has 0 amide bonds. The Morgan fingerprint density at radius 2 is 2.16 bits per heavy atom. The van der Waals surface area contributed by atoms with Crippen LogP contribution in [0, 0.1) is 5.92 Å². The van der Waals surface area contributed by atoms with Gasteiger partial charge in [-0.3, -0.25) is 4.98 Å². The molecule has 104 valence electrons. The summed E-state index contributed by atoms with van der Waals surface area (Å²) in [6.45, 7) is 1.73. The van der Waals surface area contributed by atoms with Gasteiger partial charge in [-0.25, -0.2) is 4.79 Å². The lowest BCUT2D eigenvalue weighted by Gasteiger charge is -2.09. The van der Waals surface area contributed by atoms with Crippen molar-refractivity contribution in [1.29, 1.82) is 0 Å². The zero-order valence-electron chi connectivity index (χ0n) is 11.3. The predicted molar refractivity (Wildman–Crippen MR) is 74.1 cm³/mol. The first-order valence-corrected chi connectivity index (χ1v) is 7.14. The number of carboxylic acid groups (broad SMARTS) is 1. The van der Waals surface area contributed by atoms with E-state index in [1.54, 1.807) is 12.1 Å². The Kier molecular flexibility index (Phi) is 5.33. The van der Waals surface area contributed by atoms with Crippen LogP contribution in [0.3, 0.4) is 0 Å². The number of nitrogens with zero attached hydrogens (tertiary/aromatic N) is 1. The van der Waals surface area contributed by atoms with Crippen LogP contribution in [0.25, 0.3) is 0 Å². The summed E-state index contributed by atoms with van der Waals surface area (Å²) in [5, 5.41) is 12.1. The maximum absolute atomic E-state index is 10.7. The molecule has 2 rings (SSSR count). The van der Waals surface area contributed by atoms with Gasteiger partial charge in [-0.1, -0.05) is 25.7 Å². The first-order valence-electron chi connectivity index (χ1n) is 7.14. The molecule has 0 bridgehead atoms. The highest BCUT2D eigenvalue weighted by atomic mass is 16.4. The van der Waals surface area contributed by atoms with Gasteiger partial charge < -0.3 is 10.4 Å². The molecule has 1 aliphatic rings. The molecule has 19 heavy (non-hydrogen) atoms. The Labute approximate surface area is 114 Å². The highest BCUT2D eigenvalue weighted by molar-refractivity contribution is 5.87. The van der Waals surface area contributed by atoms with E-state index >= 15 is 0 Å². The lowest BCUT2D eigenvalue weighted by Crippen LogP contribution is -2.16. The number of hydrogen-bond acceptors (Lipinski definition) is 3. The number of pyridine rings is 1. The van der Waals surface area contributed by atoms with Crippen molar-refractivity contribution in [1.82, 2.24) is 10.3 Å². The van der Waals surface area contributed by atoms with Crippen LogP contribution in [0.1, 0.15) is 54.6 Å². The van der Waals surface area contributed by atoms with Gasteiger partial charge in [-0.15, -0.1) is 0 Å². The third kappa shape index (κ3) is 4.63. The molecule has 0 radical (unpaired) electrons. The second-order valence-corrected chi connectivity index (χ2v) is 5.31. The maximum atomic E-state index is 10.7. The number of nitrogens with one attached hydrogen (secondary N) is 1. The van der Waals surface area contributed by atoms with Crippen molar-refractivity contribution in [3.05, 3.63) is 29.6 Å². The minimum atomic E-state index is -0.927. The molecule has 1 aliphatic carbocycles. The lowest BCUT2D eigenvalue weighted by molar-refractivity contribution is 0.0696. The smallest absolute Gasteiger partial charge is 0.337 e. The number of carboxylic acids is 1. The molecule has 2 N–H and O–H groups in total. The molecule has 1 heterocycles. The minimum Gasteiger partial charge on any atom is -0.478 e. The zero-order valence-corrected chi connectivity index (χ0v) is 11.3. The molecule has 0 saturated heterocycles. The molecule has 1 fully saturated rings. The first kappa shape index (κ1) is 14.0. The molecular weight excluding hydrogens is 240 g/mol. The van der Waals surface area contributed by atoms with Crippen LogP contribution in [0.15, 0.2) is 18.3 Å². The molecule has 0 spiro atoms. The summed E-state index contributed by atoms with van der Waals surface area (Å²) >= 11 is 0. The third-order valence-electron chi connectivity index (χ3n) is 3.82. The molecule has 0 aliphatic heterocycles. The summed E-state index contributed by atoms with van der Waals surface area (Å²) in [6.07, 6.45) is 9.63. The van der Waals surface area contributed by atoms with Gasteiger partial charge in [-0.05, 0) is 37.4 Å². The Morgan fingerprint density at radius 3 is 2.79 bits per heavy atom. The Hall–Kier alpha value is -1.42. The van der Waals surface area contributed by atoms with E-state index in [-0.39, 0.29) is 5.56 Å². The summed E-state index contributed by atoms with van der Waals surface area (Å²) in [7, 11) is 0. The fraction of sp³-hybridized carbons (Fsp3) is 0.600. The average molecular weight is 262 g/mol. The molecule has 4 heteroatoms. The van der Waals surface area contributed by atoms with Gasteiger partial charge in [0.2, 0.25) is 0 Å². The van der Waals surface area contributed by atoms with E-state index in [1.807, 2.05) is 0 Å². The summed E-state index contributed by atoms with van der Waals surface area (Å²) in [4.78, 5) is 14.8. The van der Waals surface area contributed by atoms with E-state index in [0.717, 1.165) is 18.2 Å². The van der Waals surface area contributed by atoms with Crippen molar-refractivity contribution in [2.75, 3.05) is 6.54 Å². The molecule has 0 unspecified atom stereocenters. The standard InChI is InChI=1S/C15H22N2O2/c18-15(19)13-7-8-14(17-10-13)11-16-9-3-6-12-4-1-2-5-12/h7-8,10,12,16H,1-6,9,11H2,(H,18,19). The van der Waals surface area contributed by atoms with Gasteiger partial charge in [0.15, 0.2) is 0 Å². The van der Waals surface area contributed by atoms with E-state index in [2.05, 4.69) is 10.3 Å². The maximum Gasteiger partial charge on any atom is 0.337 e. The number of aromatic nitrogens is 1. The Bertz CT molecular complexity index is 397. The highest BCUT2D eigenvalue weighted by Gasteiger charge is 2.13.